The summed E-state index contributed by atoms with van der Waals surface area (Å²) in [6.07, 6.45) is 3.27. The van der Waals surface area contributed by atoms with Crippen LogP contribution in [-0.2, 0) is 4.74 Å². The molecular weight excluding hydrogens is 116 g/mol. The summed E-state index contributed by atoms with van der Waals surface area (Å²) < 4.78 is 5.17. The Morgan fingerprint density at radius 1 is 1.56 bits per heavy atom. The predicted molar refractivity (Wildman–Crippen MR) is 35.2 cm³/mol. The van der Waals surface area contributed by atoms with Gasteiger partial charge in [0.15, 0.2) is 0 Å². The van der Waals surface area contributed by atoms with Crippen molar-refractivity contribution in [2.24, 2.45) is 5.92 Å². The molecule has 0 aromatic heterocycles. The van der Waals surface area contributed by atoms with E-state index in [1.807, 2.05) is 0 Å². The average Bonchev–Trinajstić information content (AvgIpc) is 2.34. The van der Waals surface area contributed by atoms with Crippen molar-refractivity contribution in [2.75, 3.05) is 19.8 Å². The van der Waals surface area contributed by atoms with Gasteiger partial charge in [0.2, 0.25) is 0 Å². The van der Waals surface area contributed by atoms with Crippen LogP contribution < -0.4 is 0 Å². The third kappa shape index (κ3) is 2.33. The molecule has 1 aliphatic heterocycles. The van der Waals surface area contributed by atoms with Crippen LogP contribution in [0.4, 0.5) is 0 Å². The second-order valence-electron chi connectivity index (χ2n) is 2.60. The fourth-order valence-electron chi connectivity index (χ4n) is 1.19. The molecule has 0 aliphatic carbocycles. The summed E-state index contributed by atoms with van der Waals surface area (Å²) in [7, 11) is 0. The van der Waals surface area contributed by atoms with Crippen molar-refractivity contribution in [3.05, 3.63) is 0 Å². The Hall–Kier alpha value is -0.0800. The first-order chi connectivity index (χ1) is 4.43. The Morgan fingerprint density at radius 2 is 2.44 bits per heavy atom. The lowest BCUT2D eigenvalue weighted by atomic mass is 10.0. The molecule has 0 saturated carbocycles. The standard InChI is InChI=1S/C7H14O2/c8-4-1-2-7-3-5-9-6-7/h7-8H,1-6H2/t7-/m1/s1. The Balaban J connectivity index is 1.98. The maximum atomic E-state index is 8.49. The van der Waals surface area contributed by atoms with Crippen molar-refractivity contribution < 1.29 is 9.84 Å². The molecule has 1 saturated heterocycles. The quantitative estimate of drug-likeness (QED) is 0.612. The molecule has 54 valence electrons. The fraction of sp³-hybridized carbons (Fsp3) is 1.00. The van der Waals surface area contributed by atoms with E-state index < -0.39 is 0 Å². The largest absolute Gasteiger partial charge is 0.396 e. The molecule has 1 fully saturated rings. The predicted octanol–water partition coefficient (Wildman–Crippen LogP) is 0.795. The van der Waals surface area contributed by atoms with E-state index in [1.165, 1.54) is 6.42 Å². The molecule has 0 bridgehead atoms. The van der Waals surface area contributed by atoms with E-state index in [9.17, 15) is 0 Å². The van der Waals surface area contributed by atoms with Gasteiger partial charge >= 0.3 is 0 Å². The molecule has 1 N–H and O–H groups in total. The van der Waals surface area contributed by atoms with Gasteiger partial charge in [-0.25, -0.2) is 0 Å². The number of aliphatic hydroxyl groups is 1. The fourth-order valence-corrected chi connectivity index (χ4v) is 1.19. The highest BCUT2D eigenvalue weighted by atomic mass is 16.5. The van der Waals surface area contributed by atoms with Crippen LogP contribution in [0.2, 0.25) is 0 Å². The van der Waals surface area contributed by atoms with Gasteiger partial charge in [-0.3, -0.25) is 0 Å². The van der Waals surface area contributed by atoms with Gasteiger partial charge in [-0.1, -0.05) is 0 Å². The highest BCUT2D eigenvalue weighted by Crippen LogP contribution is 2.17. The van der Waals surface area contributed by atoms with Crippen LogP contribution in [0, 0.1) is 5.92 Å². The van der Waals surface area contributed by atoms with Crippen LogP contribution in [0.3, 0.4) is 0 Å². The summed E-state index contributed by atoms with van der Waals surface area (Å²) in [5.41, 5.74) is 0. The zero-order chi connectivity index (χ0) is 6.53. The molecule has 0 aromatic rings. The lowest BCUT2D eigenvalue weighted by molar-refractivity contribution is 0.181. The molecule has 2 nitrogen and oxygen atoms in total. The molecule has 2 heteroatoms. The maximum Gasteiger partial charge on any atom is 0.0495 e. The van der Waals surface area contributed by atoms with E-state index in [0.29, 0.717) is 6.61 Å². The van der Waals surface area contributed by atoms with Crippen molar-refractivity contribution in [2.45, 2.75) is 19.3 Å². The van der Waals surface area contributed by atoms with Crippen molar-refractivity contribution >= 4 is 0 Å². The van der Waals surface area contributed by atoms with Crippen LogP contribution in [0.15, 0.2) is 0 Å². The van der Waals surface area contributed by atoms with Gasteiger partial charge in [-0.15, -0.1) is 0 Å². The zero-order valence-electron chi connectivity index (χ0n) is 5.68. The lowest BCUT2D eigenvalue weighted by Crippen LogP contribution is -1.99. The minimum Gasteiger partial charge on any atom is -0.396 e. The summed E-state index contributed by atoms with van der Waals surface area (Å²) in [5, 5.41) is 8.49. The number of aliphatic hydroxyl groups excluding tert-OH is 1. The topological polar surface area (TPSA) is 29.5 Å². The molecule has 9 heavy (non-hydrogen) atoms. The molecule has 0 spiro atoms. The third-order valence-electron chi connectivity index (χ3n) is 1.79. The Kier molecular flexibility index (Phi) is 3.01. The van der Waals surface area contributed by atoms with Crippen LogP contribution >= 0.6 is 0 Å². The number of hydrogen-bond donors (Lipinski definition) is 1. The van der Waals surface area contributed by atoms with Crippen molar-refractivity contribution in [1.29, 1.82) is 0 Å². The zero-order valence-corrected chi connectivity index (χ0v) is 5.68. The SMILES string of the molecule is OCCC[C@@H]1CCOC1. The van der Waals surface area contributed by atoms with Crippen molar-refractivity contribution in [3.8, 4) is 0 Å². The smallest absolute Gasteiger partial charge is 0.0495 e. The van der Waals surface area contributed by atoms with Gasteiger partial charge in [0.05, 0.1) is 0 Å². The van der Waals surface area contributed by atoms with Gasteiger partial charge in [0.25, 0.3) is 0 Å². The van der Waals surface area contributed by atoms with Gasteiger partial charge in [0, 0.05) is 19.8 Å². The van der Waals surface area contributed by atoms with E-state index >= 15 is 0 Å². The minimum absolute atomic E-state index is 0.330. The van der Waals surface area contributed by atoms with Gasteiger partial charge in [-0.05, 0) is 25.2 Å². The van der Waals surface area contributed by atoms with E-state index in [0.717, 1.165) is 32.0 Å². The summed E-state index contributed by atoms with van der Waals surface area (Å²) in [5.74, 6) is 0.733. The highest BCUT2D eigenvalue weighted by Gasteiger charge is 2.13. The second kappa shape index (κ2) is 3.85. The highest BCUT2D eigenvalue weighted by molar-refractivity contribution is 4.63. The molecule has 0 radical (unpaired) electrons. The number of rotatable bonds is 3. The van der Waals surface area contributed by atoms with E-state index in [4.69, 9.17) is 9.84 Å². The normalized spacial score (nSPS) is 27.0. The molecular formula is C7H14O2. The first-order valence-electron chi connectivity index (χ1n) is 3.62. The molecule has 1 aliphatic rings. The Morgan fingerprint density at radius 3 is 3.00 bits per heavy atom. The molecule has 1 atom stereocenters. The molecule has 0 unspecified atom stereocenters. The van der Waals surface area contributed by atoms with Crippen LogP contribution in [-0.4, -0.2) is 24.9 Å². The molecule has 0 aromatic carbocycles. The van der Waals surface area contributed by atoms with Gasteiger partial charge < -0.3 is 9.84 Å². The lowest BCUT2D eigenvalue weighted by Gasteiger charge is -2.03. The number of hydrogen-bond acceptors (Lipinski definition) is 2. The molecule has 0 amide bonds. The molecule has 1 rings (SSSR count). The van der Waals surface area contributed by atoms with Gasteiger partial charge in [0.1, 0.15) is 0 Å². The summed E-state index contributed by atoms with van der Waals surface area (Å²) in [4.78, 5) is 0. The summed E-state index contributed by atoms with van der Waals surface area (Å²) in [6, 6.07) is 0. The molecule has 1 heterocycles. The number of ether oxygens (including phenoxy) is 1. The van der Waals surface area contributed by atoms with Gasteiger partial charge in [-0.2, -0.15) is 0 Å². The van der Waals surface area contributed by atoms with Crippen LogP contribution in [0.1, 0.15) is 19.3 Å². The van der Waals surface area contributed by atoms with E-state index in [2.05, 4.69) is 0 Å². The Labute approximate surface area is 55.8 Å². The first-order valence-corrected chi connectivity index (χ1v) is 3.62. The van der Waals surface area contributed by atoms with Crippen molar-refractivity contribution in [3.63, 3.8) is 0 Å². The van der Waals surface area contributed by atoms with E-state index in [1.54, 1.807) is 0 Å². The maximum absolute atomic E-state index is 8.49. The monoisotopic (exact) mass is 130 g/mol. The summed E-state index contributed by atoms with van der Waals surface area (Å²) >= 11 is 0. The van der Waals surface area contributed by atoms with Crippen LogP contribution in [0.5, 0.6) is 0 Å². The second-order valence-corrected chi connectivity index (χ2v) is 2.60. The first kappa shape index (κ1) is 7.03. The van der Waals surface area contributed by atoms with Crippen molar-refractivity contribution in [1.82, 2.24) is 0 Å². The third-order valence-corrected chi connectivity index (χ3v) is 1.79. The summed E-state index contributed by atoms with van der Waals surface area (Å²) in [6.45, 7) is 2.17. The van der Waals surface area contributed by atoms with Crippen LogP contribution in [0.25, 0.3) is 0 Å². The average molecular weight is 130 g/mol. The van der Waals surface area contributed by atoms with E-state index in [-0.39, 0.29) is 0 Å². The Bertz CT molecular complexity index is 67.3. The minimum atomic E-state index is 0.330.